The first kappa shape index (κ1) is 18.2. The summed E-state index contributed by atoms with van der Waals surface area (Å²) < 4.78 is 5.78. The van der Waals surface area contributed by atoms with Crippen molar-refractivity contribution in [3.8, 4) is 11.8 Å². The number of rotatable bonds is 1. The number of nitrogens with one attached hydrogen (secondary N) is 2. The molecule has 0 radical (unpaired) electrons. The first-order chi connectivity index (χ1) is 14.8. The zero-order valence-corrected chi connectivity index (χ0v) is 16.4. The van der Waals surface area contributed by atoms with Gasteiger partial charge in [-0.05, 0) is 36.6 Å². The van der Waals surface area contributed by atoms with Gasteiger partial charge >= 0.3 is 0 Å². The van der Waals surface area contributed by atoms with Crippen LogP contribution in [-0.4, -0.2) is 23.1 Å². The van der Waals surface area contributed by atoms with E-state index in [0.29, 0.717) is 30.4 Å². The molecule has 0 saturated heterocycles. The van der Waals surface area contributed by atoms with Gasteiger partial charge in [-0.15, -0.1) is 0 Å². The molecule has 2 heterocycles. The summed E-state index contributed by atoms with van der Waals surface area (Å²) in [6.45, 7) is 1.04. The quantitative estimate of drug-likeness (QED) is 0.589. The molecule has 0 saturated carbocycles. The van der Waals surface area contributed by atoms with E-state index >= 15 is 0 Å². The molecule has 5 rings (SSSR count). The fourth-order valence-electron chi connectivity index (χ4n) is 4.06. The first-order valence-corrected chi connectivity index (χ1v) is 10.1. The first-order valence-electron chi connectivity index (χ1n) is 10.1. The molecule has 2 aromatic carbocycles. The third kappa shape index (κ3) is 3.46. The summed E-state index contributed by atoms with van der Waals surface area (Å²) in [5.74, 6) is 2.22. The number of hydrogen-bond acceptors (Lipinski definition) is 6. The molecule has 30 heavy (non-hydrogen) atoms. The molecule has 6 heteroatoms. The van der Waals surface area contributed by atoms with Crippen LogP contribution >= 0.6 is 0 Å². The molecule has 1 aliphatic carbocycles. The number of aromatic nitrogens is 2. The molecule has 6 nitrogen and oxygen atoms in total. The topological polar surface area (TPSA) is 82.9 Å². The SMILES string of the molecule is N#Cc1ccc2cc1OC/C=C/CNc1nc(nc3c1CCC3c1ccccc1)N2. The van der Waals surface area contributed by atoms with Gasteiger partial charge in [-0.3, -0.25) is 0 Å². The average molecular weight is 395 g/mol. The molecule has 0 fully saturated rings. The maximum absolute atomic E-state index is 9.35. The number of anilines is 3. The smallest absolute Gasteiger partial charge is 0.229 e. The highest BCUT2D eigenvalue weighted by Gasteiger charge is 2.29. The second-order valence-corrected chi connectivity index (χ2v) is 7.37. The van der Waals surface area contributed by atoms with Gasteiger partial charge in [-0.2, -0.15) is 10.2 Å². The van der Waals surface area contributed by atoms with Gasteiger partial charge in [0.05, 0.1) is 11.3 Å². The van der Waals surface area contributed by atoms with Crippen LogP contribution in [0, 0.1) is 11.3 Å². The summed E-state index contributed by atoms with van der Waals surface area (Å²) in [6, 6.07) is 18.1. The minimum absolute atomic E-state index is 0.261. The lowest BCUT2D eigenvalue weighted by molar-refractivity contribution is 0.362. The number of fused-ring (bicyclic) bond motifs is 6. The van der Waals surface area contributed by atoms with E-state index in [1.54, 1.807) is 6.07 Å². The highest BCUT2D eigenvalue weighted by atomic mass is 16.5. The van der Waals surface area contributed by atoms with Gasteiger partial charge in [0.25, 0.3) is 0 Å². The van der Waals surface area contributed by atoms with Crippen LogP contribution in [0.5, 0.6) is 5.75 Å². The monoisotopic (exact) mass is 395 g/mol. The van der Waals surface area contributed by atoms with Crippen molar-refractivity contribution in [1.82, 2.24) is 9.97 Å². The van der Waals surface area contributed by atoms with Crippen molar-refractivity contribution in [1.29, 1.82) is 5.26 Å². The van der Waals surface area contributed by atoms with Crippen LogP contribution in [0.1, 0.15) is 34.7 Å². The Hall–Kier alpha value is -3.85. The number of benzene rings is 2. The maximum Gasteiger partial charge on any atom is 0.229 e. The summed E-state index contributed by atoms with van der Waals surface area (Å²) in [7, 11) is 0. The van der Waals surface area contributed by atoms with E-state index in [0.717, 1.165) is 30.0 Å². The standard InChI is InChI=1S/C24H21N5O/c25-15-17-8-9-18-14-21(17)30-13-5-4-12-26-23-20-11-10-19(16-6-2-1-3-7-16)22(20)28-24(27-18)29-23/h1-9,14,19H,10-13H2,(H2,26,27,28,29)/b5-4+. The van der Waals surface area contributed by atoms with Crippen LogP contribution in [-0.2, 0) is 6.42 Å². The van der Waals surface area contributed by atoms with Gasteiger partial charge in [-0.25, -0.2) is 4.98 Å². The van der Waals surface area contributed by atoms with Gasteiger partial charge in [0, 0.05) is 29.8 Å². The fraction of sp³-hybridized carbons (Fsp3) is 0.208. The van der Waals surface area contributed by atoms with Crippen LogP contribution in [0.15, 0.2) is 60.7 Å². The number of nitriles is 1. The lowest BCUT2D eigenvalue weighted by Gasteiger charge is -2.15. The lowest BCUT2D eigenvalue weighted by Crippen LogP contribution is -2.10. The molecule has 0 spiro atoms. The summed E-state index contributed by atoms with van der Waals surface area (Å²) in [5.41, 5.74) is 4.83. The molecular weight excluding hydrogens is 374 g/mol. The minimum Gasteiger partial charge on any atom is -0.488 e. The van der Waals surface area contributed by atoms with Crippen molar-refractivity contribution in [3.63, 3.8) is 0 Å². The second-order valence-electron chi connectivity index (χ2n) is 7.37. The highest BCUT2D eigenvalue weighted by molar-refractivity contribution is 5.63. The largest absolute Gasteiger partial charge is 0.488 e. The third-order valence-electron chi connectivity index (χ3n) is 5.50. The zero-order chi connectivity index (χ0) is 20.3. The molecule has 4 bridgehead atoms. The van der Waals surface area contributed by atoms with E-state index < -0.39 is 0 Å². The van der Waals surface area contributed by atoms with Crippen LogP contribution in [0.2, 0.25) is 0 Å². The predicted octanol–water partition coefficient (Wildman–Crippen LogP) is 4.53. The Kier molecular flexibility index (Phi) is 4.78. The molecule has 1 atom stereocenters. The van der Waals surface area contributed by atoms with Crippen LogP contribution in [0.3, 0.4) is 0 Å². The van der Waals surface area contributed by atoms with Crippen LogP contribution in [0.4, 0.5) is 17.5 Å². The van der Waals surface area contributed by atoms with E-state index in [9.17, 15) is 5.26 Å². The van der Waals surface area contributed by atoms with Gasteiger partial charge in [0.15, 0.2) is 0 Å². The number of nitrogens with zero attached hydrogens (tertiary/aromatic N) is 3. The van der Waals surface area contributed by atoms with Crippen molar-refractivity contribution in [2.45, 2.75) is 18.8 Å². The summed E-state index contributed by atoms with van der Waals surface area (Å²) >= 11 is 0. The van der Waals surface area contributed by atoms with Crippen molar-refractivity contribution in [2.75, 3.05) is 23.8 Å². The van der Waals surface area contributed by atoms with E-state index in [-0.39, 0.29) is 5.92 Å². The van der Waals surface area contributed by atoms with Gasteiger partial charge in [-0.1, -0.05) is 36.4 Å². The maximum atomic E-state index is 9.35. The average Bonchev–Trinajstić information content (AvgIpc) is 3.20. The molecule has 1 aliphatic heterocycles. The minimum atomic E-state index is 0.261. The Morgan fingerprint density at radius 3 is 2.83 bits per heavy atom. The van der Waals surface area contributed by atoms with E-state index in [1.807, 2.05) is 30.4 Å². The molecule has 3 aromatic rings. The normalized spacial score (nSPS) is 18.2. The molecule has 1 aromatic heterocycles. The zero-order valence-electron chi connectivity index (χ0n) is 16.4. The van der Waals surface area contributed by atoms with Crippen molar-refractivity contribution in [2.24, 2.45) is 0 Å². The highest BCUT2D eigenvalue weighted by Crippen LogP contribution is 2.40. The molecular formula is C24H21N5O. The van der Waals surface area contributed by atoms with Gasteiger partial charge < -0.3 is 15.4 Å². The number of hydrogen-bond donors (Lipinski definition) is 2. The fourth-order valence-corrected chi connectivity index (χ4v) is 4.06. The Morgan fingerprint density at radius 1 is 1.07 bits per heavy atom. The Morgan fingerprint density at radius 2 is 1.97 bits per heavy atom. The van der Waals surface area contributed by atoms with Crippen LogP contribution in [0.25, 0.3) is 0 Å². The number of ether oxygens (including phenoxy) is 1. The van der Waals surface area contributed by atoms with Crippen molar-refractivity contribution in [3.05, 3.63) is 83.1 Å². The second kappa shape index (κ2) is 7.88. The molecule has 1 unspecified atom stereocenters. The van der Waals surface area contributed by atoms with E-state index in [4.69, 9.17) is 14.7 Å². The summed E-state index contributed by atoms with van der Waals surface area (Å²) in [5, 5.41) is 16.1. The van der Waals surface area contributed by atoms with Gasteiger partial charge in [0.1, 0.15) is 24.2 Å². The lowest BCUT2D eigenvalue weighted by atomic mass is 9.97. The van der Waals surface area contributed by atoms with E-state index in [2.05, 4.69) is 41.0 Å². The van der Waals surface area contributed by atoms with Gasteiger partial charge in [0.2, 0.25) is 5.95 Å². The molecule has 0 amide bonds. The van der Waals surface area contributed by atoms with Crippen molar-refractivity contribution >= 4 is 17.5 Å². The molecule has 2 N–H and O–H groups in total. The van der Waals surface area contributed by atoms with Crippen molar-refractivity contribution < 1.29 is 4.74 Å². The Labute approximate surface area is 175 Å². The molecule has 2 aliphatic rings. The summed E-state index contributed by atoms with van der Waals surface area (Å²) in [6.07, 6.45) is 5.93. The Bertz CT molecular complexity index is 1150. The summed E-state index contributed by atoms with van der Waals surface area (Å²) in [4.78, 5) is 9.66. The Balaban J connectivity index is 1.59. The van der Waals surface area contributed by atoms with Crippen LogP contribution < -0.4 is 15.4 Å². The molecule has 148 valence electrons. The van der Waals surface area contributed by atoms with E-state index in [1.165, 1.54) is 11.1 Å². The third-order valence-corrected chi connectivity index (χ3v) is 5.50. The predicted molar refractivity (Wildman–Crippen MR) is 116 cm³/mol.